The first-order chi connectivity index (χ1) is 13.1. The van der Waals surface area contributed by atoms with E-state index >= 15 is 0 Å². The van der Waals surface area contributed by atoms with Crippen molar-refractivity contribution in [3.8, 4) is 0 Å². The third-order valence-corrected chi connectivity index (χ3v) is 4.94. The number of fused-ring (bicyclic) bond motifs is 1. The van der Waals surface area contributed by atoms with Crippen LogP contribution in [0, 0.1) is 0 Å². The van der Waals surface area contributed by atoms with Crippen LogP contribution in [0.15, 0.2) is 24.3 Å². The summed E-state index contributed by atoms with van der Waals surface area (Å²) in [6, 6.07) is 7.45. The third kappa shape index (κ3) is 3.65. The van der Waals surface area contributed by atoms with Gasteiger partial charge in [0.15, 0.2) is 17.0 Å². The molecule has 2 aromatic heterocycles. The van der Waals surface area contributed by atoms with E-state index in [1.807, 2.05) is 39.0 Å². The second-order valence-corrected chi connectivity index (χ2v) is 8.63. The summed E-state index contributed by atoms with van der Waals surface area (Å²) >= 11 is 6.08. The molecule has 0 bridgehead atoms. The van der Waals surface area contributed by atoms with Gasteiger partial charge in [-0.15, -0.1) is 5.10 Å². The molecule has 6 nitrogen and oxygen atoms in total. The molecule has 28 heavy (non-hydrogen) atoms. The first-order valence-electron chi connectivity index (χ1n) is 9.11. The van der Waals surface area contributed by atoms with E-state index in [-0.39, 0.29) is 24.9 Å². The SMILES string of the molecule is CC(C)(C)c1nc(N2CCC(F)(F)C2)c2nnn(Cc3cccc(Cl)c3)c2n1. The Hall–Kier alpha value is -2.35. The van der Waals surface area contributed by atoms with E-state index < -0.39 is 5.92 Å². The average molecular weight is 407 g/mol. The molecule has 9 heteroatoms. The Morgan fingerprint density at radius 3 is 2.64 bits per heavy atom. The number of hydrogen-bond acceptors (Lipinski definition) is 5. The Labute approximate surface area is 166 Å². The molecule has 0 radical (unpaired) electrons. The van der Waals surface area contributed by atoms with Crippen LogP contribution >= 0.6 is 11.6 Å². The summed E-state index contributed by atoms with van der Waals surface area (Å²) in [6.45, 7) is 6.24. The number of alkyl halides is 2. The van der Waals surface area contributed by atoms with Gasteiger partial charge in [-0.1, -0.05) is 49.7 Å². The second-order valence-electron chi connectivity index (χ2n) is 8.20. The van der Waals surface area contributed by atoms with Gasteiger partial charge in [-0.3, -0.25) is 0 Å². The van der Waals surface area contributed by atoms with Crippen LogP contribution in [0.5, 0.6) is 0 Å². The summed E-state index contributed by atoms with van der Waals surface area (Å²) in [5.41, 5.74) is 1.57. The predicted molar refractivity (Wildman–Crippen MR) is 104 cm³/mol. The fourth-order valence-electron chi connectivity index (χ4n) is 3.23. The lowest BCUT2D eigenvalue weighted by molar-refractivity contribution is 0.0257. The number of rotatable bonds is 3. The summed E-state index contributed by atoms with van der Waals surface area (Å²) in [4.78, 5) is 10.9. The molecule has 0 aliphatic carbocycles. The van der Waals surface area contributed by atoms with E-state index in [1.165, 1.54) is 0 Å². The highest BCUT2D eigenvalue weighted by molar-refractivity contribution is 6.30. The minimum Gasteiger partial charge on any atom is -0.348 e. The van der Waals surface area contributed by atoms with Crippen LogP contribution in [0.25, 0.3) is 11.2 Å². The van der Waals surface area contributed by atoms with Gasteiger partial charge in [0.05, 0.1) is 13.1 Å². The largest absolute Gasteiger partial charge is 0.348 e. The number of nitrogens with zero attached hydrogens (tertiary/aromatic N) is 6. The Morgan fingerprint density at radius 1 is 1.21 bits per heavy atom. The molecule has 3 heterocycles. The van der Waals surface area contributed by atoms with Gasteiger partial charge in [-0.05, 0) is 17.7 Å². The van der Waals surface area contributed by atoms with Crippen LogP contribution < -0.4 is 4.90 Å². The van der Waals surface area contributed by atoms with Gasteiger partial charge in [0.25, 0.3) is 5.92 Å². The highest BCUT2D eigenvalue weighted by Crippen LogP contribution is 2.34. The molecule has 0 atom stereocenters. The van der Waals surface area contributed by atoms with Crippen LogP contribution in [0.1, 0.15) is 38.6 Å². The van der Waals surface area contributed by atoms with Crippen molar-refractivity contribution >= 4 is 28.6 Å². The Kier molecular flexibility index (Phi) is 4.49. The van der Waals surface area contributed by atoms with Crippen molar-refractivity contribution in [2.75, 3.05) is 18.0 Å². The zero-order valence-corrected chi connectivity index (χ0v) is 16.7. The lowest BCUT2D eigenvalue weighted by atomic mass is 9.96. The molecule has 0 spiro atoms. The lowest BCUT2D eigenvalue weighted by Gasteiger charge is -2.22. The summed E-state index contributed by atoms with van der Waals surface area (Å²) in [7, 11) is 0. The number of hydrogen-bond donors (Lipinski definition) is 0. The third-order valence-electron chi connectivity index (χ3n) is 4.71. The van der Waals surface area contributed by atoms with Crippen molar-refractivity contribution < 1.29 is 8.78 Å². The summed E-state index contributed by atoms with van der Waals surface area (Å²) in [5, 5.41) is 9.07. The second kappa shape index (κ2) is 6.62. The van der Waals surface area contributed by atoms with Crippen LogP contribution in [0.3, 0.4) is 0 Å². The summed E-state index contributed by atoms with van der Waals surface area (Å²) in [5.74, 6) is -1.74. The maximum Gasteiger partial charge on any atom is 0.266 e. The smallest absolute Gasteiger partial charge is 0.266 e. The van der Waals surface area contributed by atoms with E-state index in [0.29, 0.717) is 34.4 Å². The number of aromatic nitrogens is 5. The first kappa shape index (κ1) is 19.0. The lowest BCUT2D eigenvalue weighted by Crippen LogP contribution is -2.27. The quantitative estimate of drug-likeness (QED) is 0.656. The molecule has 3 aromatic rings. The van der Waals surface area contributed by atoms with Gasteiger partial charge in [0.2, 0.25) is 0 Å². The average Bonchev–Trinajstić information content (AvgIpc) is 3.16. The predicted octanol–water partition coefficient (Wildman–Crippen LogP) is 4.07. The van der Waals surface area contributed by atoms with Gasteiger partial charge in [-0.25, -0.2) is 23.4 Å². The van der Waals surface area contributed by atoms with Crippen molar-refractivity contribution in [3.63, 3.8) is 0 Å². The maximum absolute atomic E-state index is 13.8. The zero-order chi connectivity index (χ0) is 20.1. The van der Waals surface area contributed by atoms with E-state index in [2.05, 4.69) is 20.3 Å². The van der Waals surface area contributed by atoms with E-state index in [9.17, 15) is 8.78 Å². The van der Waals surface area contributed by atoms with Crippen LogP contribution in [0.4, 0.5) is 14.6 Å². The van der Waals surface area contributed by atoms with E-state index in [4.69, 9.17) is 11.6 Å². The highest BCUT2D eigenvalue weighted by Gasteiger charge is 2.40. The number of halogens is 3. The van der Waals surface area contributed by atoms with Crippen LogP contribution in [-0.2, 0) is 12.0 Å². The van der Waals surface area contributed by atoms with Crippen LogP contribution in [0.2, 0.25) is 5.02 Å². The molecule has 1 saturated heterocycles. The van der Waals surface area contributed by atoms with Crippen molar-refractivity contribution in [1.82, 2.24) is 25.0 Å². The Bertz CT molecular complexity index is 1030. The number of benzene rings is 1. The molecule has 148 valence electrons. The van der Waals surface area contributed by atoms with Crippen molar-refractivity contribution in [2.24, 2.45) is 0 Å². The minimum atomic E-state index is -2.73. The summed E-state index contributed by atoms with van der Waals surface area (Å²) in [6.07, 6.45) is -0.194. The monoisotopic (exact) mass is 406 g/mol. The zero-order valence-electron chi connectivity index (χ0n) is 16.0. The molecule has 0 amide bonds. The van der Waals surface area contributed by atoms with Gasteiger partial charge in [-0.2, -0.15) is 0 Å². The first-order valence-corrected chi connectivity index (χ1v) is 9.49. The molecular weight excluding hydrogens is 386 g/mol. The standard InChI is InChI=1S/C19H21ClF2N6/c1-18(2,3)17-23-15(27-8-7-19(21,22)11-27)14-16(24-17)28(26-25-14)10-12-5-4-6-13(20)9-12/h4-6,9H,7-8,10-11H2,1-3H3. The number of anilines is 1. The molecule has 0 saturated carbocycles. The molecule has 4 rings (SSSR count). The van der Waals surface area contributed by atoms with Crippen molar-refractivity contribution in [1.29, 1.82) is 0 Å². The molecule has 1 fully saturated rings. The molecule has 1 aromatic carbocycles. The molecule has 0 unspecified atom stereocenters. The van der Waals surface area contributed by atoms with E-state index in [1.54, 1.807) is 15.6 Å². The fourth-order valence-corrected chi connectivity index (χ4v) is 3.44. The maximum atomic E-state index is 13.8. The minimum absolute atomic E-state index is 0.194. The van der Waals surface area contributed by atoms with Gasteiger partial charge in [0.1, 0.15) is 5.82 Å². The molecule has 1 aliphatic heterocycles. The Balaban J connectivity index is 1.82. The fraction of sp³-hybridized carbons (Fsp3) is 0.474. The highest BCUT2D eigenvalue weighted by atomic mass is 35.5. The van der Waals surface area contributed by atoms with Gasteiger partial charge >= 0.3 is 0 Å². The van der Waals surface area contributed by atoms with Crippen molar-refractivity contribution in [3.05, 3.63) is 40.7 Å². The Morgan fingerprint density at radius 2 is 2.00 bits per heavy atom. The van der Waals surface area contributed by atoms with Crippen LogP contribution in [-0.4, -0.2) is 44.0 Å². The summed E-state index contributed by atoms with van der Waals surface area (Å²) < 4.78 is 29.3. The molecule has 0 N–H and O–H groups in total. The van der Waals surface area contributed by atoms with E-state index in [0.717, 1.165) is 5.56 Å². The molecular formula is C19H21ClF2N6. The van der Waals surface area contributed by atoms with Gasteiger partial charge in [0, 0.05) is 23.4 Å². The topological polar surface area (TPSA) is 59.7 Å². The van der Waals surface area contributed by atoms with Gasteiger partial charge < -0.3 is 4.90 Å². The van der Waals surface area contributed by atoms with Crippen molar-refractivity contribution in [2.45, 2.75) is 45.1 Å². The normalized spacial score (nSPS) is 16.9. The molecule has 1 aliphatic rings.